The van der Waals surface area contributed by atoms with E-state index in [2.05, 4.69) is 32.8 Å². The van der Waals surface area contributed by atoms with E-state index in [1.165, 1.54) is 10.4 Å². The quantitative estimate of drug-likeness (QED) is 0.698. The zero-order valence-corrected chi connectivity index (χ0v) is 15.6. The van der Waals surface area contributed by atoms with E-state index in [-0.39, 0.29) is 0 Å². The summed E-state index contributed by atoms with van der Waals surface area (Å²) in [6.07, 6.45) is 4.11. The monoisotopic (exact) mass is 356 g/mol. The highest BCUT2D eigenvalue weighted by molar-refractivity contribution is 7.10. The summed E-state index contributed by atoms with van der Waals surface area (Å²) < 4.78 is 7.69. The van der Waals surface area contributed by atoms with Crippen LogP contribution >= 0.6 is 11.3 Å². The number of piperidine rings is 1. The van der Waals surface area contributed by atoms with Gasteiger partial charge in [0, 0.05) is 43.9 Å². The Bertz CT molecular complexity index is 848. The van der Waals surface area contributed by atoms with Gasteiger partial charge in [-0.2, -0.15) is 0 Å². The van der Waals surface area contributed by atoms with Crippen molar-refractivity contribution in [3.63, 3.8) is 0 Å². The topological polar surface area (TPSA) is 43.2 Å². The van der Waals surface area contributed by atoms with Gasteiger partial charge in [0.1, 0.15) is 17.9 Å². The van der Waals surface area contributed by atoms with Crippen LogP contribution in [0, 0.1) is 6.92 Å². The number of hydrogen-bond acceptors (Lipinski definition) is 5. The molecule has 0 spiro atoms. The van der Waals surface area contributed by atoms with Crippen LogP contribution in [0.15, 0.2) is 29.8 Å². The first kappa shape index (κ1) is 16.7. The van der Waals surface area contributed by atoms with Crippen LogP contribution in [0.4, 0.5) is 0 Å². The first-order valence-electron chi connectivity index (χ1n) is 8.82. The summed E-state index contributed by atoms with van der Waals surface area (Å²) in [5.74, 6) is 0.990. The molecule has 4 heterocycles. The molecule has 0 bridgehead atoms. The fourth-order valence-electron chi connectivity index (χ4n) is 3.70. The molecule has 1 aliphatic heterocycles. The molecule has 0 aromatic carbocycles. The molecule has 0 N–H and O–H groups in total. The average molecular weight is 356 g/mol. The number of likely N-dealkylation sites (tertiary alicyclic amines) is 1. The number of hydrogen-bond donors (Lipinski definition) is 0. The van der Waals surface area contributed by atoms with Crippen LogP contribution in [0.5, 0.6) is 0 Å². The van der Waals surface area contributed by atoms with Crippen molar-refractivity contribution >= 4 is 22.5 Å². The summed E-state index contributed by atoms with van der Waals surface area (Å²) >= 11 is 1.87. The molecule has 0 atom stereocenters. The highest BCUT2D eigenvalue weighted by Crippen LogP contribution is 2.29. The molecule has 0 saturated carbocycles. The largest absolute Gasteiger partial charge is 0.377 e. The minimum Gasteiger partial charge on any atom is -0.377 e. The first-order chi connectivity index (χ1) is 12.3. The maximum Gasteiger partial charge on any atom is 0.160 e. The molecule has 3 aromatic heterocycles. The number of pyridine rings is 1. The third kappa shape index (κ3) is 3.34. The van der Waals surface area contributed by atoms with Crippen LogP contribution in [-0.4, -0.2) is 39.6 Å². The zero-order valence-electron chi connectivity index (χ0n) is 14.8. The molecular formula is C19H24N4OS. The van der Waals surface area contributed by atoms with Crippen molar-refractivity contribution in [2.75, 3.05) is 20.2 Å². The third-order valence-electron chi connectivity index (χ3n) is 5.05. The van der Waals surface area contributed by atoms with Crippen LogP contribution in [-0.2, 0) is 17.9 Å². The molecule has 6 heteroatoms. The molecule has 1 saturated heterocycles. The van der Waals surface area contributed by atoms with Crippen molar-refractivity contribution in [2.24, 2.45) is 0 Å². The number of fused-ring (bicyclic) bond motifs is 1. The second kappa shape index (κ2) is 7.23. The van der Waals surface area contributed by atoms with Gasteiger partial charge in [0.25, 0.3) is 0 Å². The molecule has 0 aliphatic carbocycles. The van der Waals surface area contributed by atoms with E-state index in [4.69, 9.17) is 9.72 Å². The van der Waals surface area contributed by atoms with Gasteiger partial charge in [-0.25, -0.2) is 9.97 Å². The molecule has 0 radical (unpaired) electrons. The third-order valence-corrected chi connectivity index (χ3v) is 6.06. The maximum atomic E-state index is 5.37. The van der Waals surface area contributed by atoms with Gasteiger partial charge in [0.2, 0.25) is 0 Å². The lowest BCUT2D eigenvalue weighted by atomic mass is 10.0. The number of ether oxygens (including phenoxy) is 1. The summed E-state index contributed by atoms with van der Waals surface area (Å²) in [7, 11) is 1.73. The van der Waals surface area contributed by atoms with Crippen molar-refractivity contribution in [1.82, 2.24) is 19.4 Å². The van der Waals surface area contributed by atoms with Gasteiger partial charge in [-0.05, 0) is 48.9 Å². The fraction of sp³-hybridized carbons (Fsp3) is 0.474. The average Bonchev–Trinajstić information content (AvgIpc) is 3.19. The van der Waals surface area contributed by atoms with Crippen LogP contribution in [0.1, 0.15) is 35.1 Å². The summed E-state index contributed by atoms with van der Waals surface area (Å²) in [5, 5.41) is 2.19. The number of aromatic nitrogens is 3. The summed E-state index contributed by atoms with van der Waals surface area (Å²) in [6.45, 7) is 6.04. The van der Waals surface area contributed by atoms with Crippen molar-refractivity contribution in [3.05, 3.63) is 46.0 Å². The number of aryl methyl sites for hydroxylation is 1. The second-order valence-corrected chi connectivity index (χ2v) is 7.71. The Morgan fingerprint density at radius 3 is 2.84 bits per heavy atom. The molecule has 25 heavy (non-hydrogen) atoms. The SMILES string of the molecule is COCc1nc2cccnc2n1C1CCN(Cc2sccc2C)CC1. The van der Waals surface area contributed by atoms with Gasteiger partial charge in [-0.1, -0.05) is 0 Å². The van der Waals surface area contributed by atoms with Crippen molar-refractivity contribution in [2.45, 2.75) is 39.0 Å². The number of rotatable bonds is 5. The van der Waals surface area contributed by atoms with Gasteiger partial charge >= 0.3 is 0 Å². The predicted octanol–water partition coefficient (Wildman–Crippen LogP) is 3.78. The van der Waals surface area contributed by atoms with E-state index in [9.17, 15) is 0 Å². The van der Waals surface area contributed by atoms with E-state index in [0.29, 0.717) is 12.6 Å². The van der Waals surface area contributed by atoms with Crippen molar-refractivity contribution < 1.29 is 4.74 Å². The summed E-state index contributed by atoms with van der Waals surface area (Å²) in [5.41, 5.74) is 3.37. The fourth-order valence-corrected chi connectivity index (χ4v) is 4.64. The Balaban J connectivity index is 1.51. The standard InChI is InChI=1S/C19H24N4OS/c1-14-7-11-25-17(14)12-22-9-5-15(6-10-22)23-18(13-24-2)21-16-4-3-8-20-19(16)23/h3-4,7-8,11,15H,5-6,9-10,12-13H2,1-2H3. The Kier molecular flexibility index (Phi) is 4.83. The van der Waals surface area contributed by atoms with Crippen molar-refractivity contribution in [3.8, 4) is 0 Å². The zero-order chi connectivity index (χ0) is 17.2. The van der Waals surface area contributed by atoms with Crippen LogP contribution in [0.3, 0.4) is 0 Å². The van der Waals surface area contributed by atoms with E-state index in [1.807, 2.05) is 29.7 Å². The highest BCUT2D eigenvalue weighted by Gasteiger charge is 2.25. The first-order valence-corrected chi connectivity index (χ1v) is 9.70. The highest BCUT2D eigenvalue weighted by atomic mass is 32.1. The Morgan fingerprint density at radius 1 is 1.28 bits per heavy atom. The molecular weight excluding hydrogens is 332 g/mol. The van der Waals surface area contributed by atoms with E-state index < -0.39 is 0 Å². The van der Waals surface area contributed by atoms with Gasteiger partial charge in [0.05, 0.1) is 0 Å². The van der Waals surface area contributed by atoms with Crippen LogP contribution < -0.4 is 0 Å². The second-order valence-electron chi connectivity index (χ2n) is 6.71. The molecule has 1 aliphatic rings. The van der Waals surface area contributed by atoms with E-state index in [1.54, 1.807) is 7.11 Å². The lowest BCUT2D eigenvalue weighted by Crippen LogP contribution is -2.34. The van der Waals surface area contributed by atoms with Crippen molar-refractivity contribution in [1.29, 1.82) is 0 Å². The molecule has 1 fully saturated rings. The molecule has 4 rings (SSSR count). The van der Waals surface area contributed by atoms with Gasteiger partial charge < -0.3 is 9.30 Å². The molecule has 0 unspecified atom stereocenters. The number of nitrogens with zero attached hydrogens (tertiary/aromatic N) is 4. The smallest absolute Gasteiger partial charge is 0.160 e. The lowest BCUT2D eigenvalue weighted by molar-refractivity contribution is 0.156. The summed E-state index contributed by atoms with van der Waals surface area (Å²) in [4.78, 5) is 13.4. The Hall–Kier alpha value is -1.76. The maximum absolute atomic E-state index is 5.37. The minimum absolute atomic E-state index is 0.450. The number of thiophene rings is 1. The van der Waals surface area contributed by atoms with E-state index >= 15 is 0 Å². The normalized spacial score (nSPS) is 16.7. The van der Waals surface area contributed by atoms with Gasteiger partial charge in [0.15, 0.2) is 5.65 Å². The number of imidazole rings is 1. The van der Waals surface area contributed by atoms with Gasteiger partial charge in [-0.3, -0.25) is 4.90 Å². The Labute approximate surface area is 152 Å². The lowest BCUT2D eigenvalue weighted by Gasteiger charge is -2.33. The van der Waals surface area contributed by atoms with Crippen LogP contribution in [0.2, 0.25) is 0 Å². The minimum atomic E-state index is 0.450. The summed E-state index contributed by atoms with van der Waals surface area (Å²) in [6, 6.07) is 6.65. The molecule has 5 nitrogen and oxygen atoms in total. The molecule has 3 aromatic rings. The Morgan fingerprint density at radius 2 is 2.12 bits per heavy atom. The molecule has 132 valence electrons. The van der Waals surface area contributed by atoms with E-state index in [0.717, 1.165) is 49.5 Å². The number of methoxy groups -OCH3 is 1. The van der Waals surface area contributed by atoms with Crippen LogP contribution in [0.25, 0.3) is 11.2 Å². The predicted molar refractivity (Wildman–Crippen MR) is 101 cm³/mol. The molecule has 0 amide bonds. The van der Waals surface area contributed by atoms with Gasteiger partial charge in [-0.15, -0.1) is 11.3 Å².